The highest BCUT2D eigenvalue weighted by molar-refractivity contribution is 6.33. The fraction of sp³-hybridized carbons (Fsp3) is 0.500. The van der Waals surface area contributed by atoms with Crippen molar-refractivity contribution in [1.29, 1.82) is 0 Å². The van der Waals surface area contributed by atoms with Crippen molar-refractivity contribution in [2.75, 3.05) is 5.32 Å². The van der Waals surface area contributed by atoms with Crippen LogP contribution in [0.25, 0.3) is 11.1 Å². The van der Waals surface area contributed by atoms with Crippen molar-refractivity contribution in [3.05, 3.63) is 47.1 Å². The van der Waals surface area contributed by atoms with E-state index in [4.69, 9.17) is 11.6 Å². The monoisotopic (exact) mass is 452 g/mol. The summed E-state index contributed by atoms with van der Waals surface area (Å²) < 4.78 is 2.06. The van der Waals surface area contributed by atoms with E-state index < -0.39 is 0 Å². The molecule has 32 heavy (non-hydrogen) atoms. The first-order valence-electron chi connectivity index (χ1n) is 11.4. The number of H-pyrrole nitrogens is 1. The molecule has 0 spiro atoms. The molecular formula is C24H29ClN6O. The molecule has 2 N–H and O–H groups in total. The molecule has 8 heteroatoms. The van der Waals surface area contributed by atoms with Gasteiger partial charge in [0, 0.05) is 53.8 Å². The molecule has 0 saturated heterocycles. The summed E-state index contributed by atoms with van der Waals surface area (Å²) >= 11 is 6.50. The highest BCUT2D eigenvalue weighted by atomic mass is 35.5. The Bertz CT molecular complexity index is 1120. The molecule has 5 rings (SSSR count). The molecule has 4 heterocycles. The van der Waals surface area contributed by atoms with Gasteiger partial charge in [-0.3, -0.25) is 14.6 Å². The molecule has 2 aliphatic rings. The molecular weight excluding hydrogens is 424 g/mol. The zero-order valence-corrected chi connectivity index (χ0v) is 19.3. The molecule has 3 aromatic heterocycles. The fourth-order valence-electron chi connectivity index (χ4n) is 5.30. The number of carbonyl (C=O) groups is 1. The van der Waals surface area contributed by atoms with Crippen LogP contribution in [-0.2, 0) is 17.8 Å². The maximum Gasteiger partial charge on any atom is 0.225 e. The molecule has 2 atom stereocenters. The Balaban J connectivity index is 1.27. The first kappa shape index (κ1) is 21.2. The molecule has 1 amide bonds. The predicted octanol–water partition coefficient (Wildman–Crippen LogP) is 5.21. The lowest BCUT2D eigenvalue weighted by Gasteiger charge is -2.28. The van der Waals surface area contributed by atoms with Crippen LogP contribution in [0.5, 0.6) is 0 Å². The van der Waals surface area contributed by atoms with Gasteiger partial charge in [0.1, 0.15) is 5.82 Å². The van der Waals surface area contributed by atoms with E-state index in [9.17, 15) is 4.79 Å². The Morgan fingerprint density at radius 1 is 1.31 bits per heavy atom. The smallest absolute Gasteiger partial charge is 0.225 e. The van der Waals surface area contributed by atoms with Crippen LogP contribution in [0.15, 0.2) is 30.7 Å². The van der Waals surface area contributed by atoms with Gasteiger partial charge < -0.3 is 5.32 Å². The summed E-state index contributed by atoms with van der Waals surface area (Å²) in [6.07, 6.45) is 11.1. The van der Waals surface area contributed by atoms with E-state index in [-0.39, 0.29) is 11.3 Å². The van der Waals surface area contributed by atoms with Crippen molar-refractivity contribution in [2.24, 2.45) is 11.3 Å². The van der Waals surface area contributed by atoms with Crippen molar-refractivity contribution in [3.8, 4) is 11.1 Å². The number of rotatable bonds is 5. The van der Waals surface area contributed by atoms with Gasteiger partial charge in [0.2, 0.25) is 5.91 Å². The van der Waals surface area contributed by atoms with Crippen LogP contribution in [0.2, 0.25) is 5.02 Å². The molecule has 1 aliphatic heterocycles. The third kappa shape index (κ3) is 4.31. The van der Waals surface area contributed by atoms with E-state index in [0.29, 0.717) is 29.1 Å². The second-order valence-corrected chi connectivity index (χ2v) is 10.5. The Kier molecular flexibility index (Phi) is 5.53. The largest absolute Gasteiger partial charge is 0.311 e. The van der Waals surface area contributed by atoms with Crippen molar-refractivity contribution in [1.82, 2.24) is 25.0 Å². The average molecular weight is 453 g/mol. The summed E-state index contributed by atoms with van der Waals surface area (Å²) in [6, 6.07) is 3.92. The number of pyridine rings is 1. The summed E-state index contributed by atoms with van der Waals surface area (Å²) in [5, 5.41) is 15.3. The Morgan fingerprint density at radius 2 is 2.19 bits per heavy atom. The summed E-state index contributed by atoms with van der Waals surface area (Å²) in [7, 11) is 0. The van der Waals surface area contributed by atoms with E-state index in [0.717, 1.165) is 49.8 Å². The molecule has 1 fully saturated rings. The minimum Gasteiger partial charge on any atom is -0.311 e. The first-order valence-corrected chi connectivity index (χ1v) is 11.8. The van der Waals surface area contributed by atoms with Gasteiger partial charge in [-0.2, -0.15) is 10.2 Å². The third-order valence-corrected chi connectivity index (χ3v) is 7.11. The maximum absolute atomic E-state index is 12.8. The van der Waals surface area contributed by atoms with E-state index in [1.807, 2.05) is 18.3 Å². The third-order valence-electron chi connectivity index (χ3n) is 6.80. The number of aromatic amines is 1. The number of hydrogen-bond donors (Lipinski definition) is 2. The minimum atomic E-state index is 0.00222. The molecule has 7 nitrogen and oxygen atoms in total. The zero-order chi connectivity index (χ0) is 22.3. The van der Waals surface area contributed by atoms with Gasteiger partial charge in [-0.05, 0) is 49.1 Å². The van der Waals surface area contributed by atoms with E-state index in [1.165, 1.54) is 11.4 Å². The minimum absolute atomic E-state index is 0.00222. The highest BCUT2D eigenvalue weighted by Crippen LogP contribution is 2.40. The first-order chi connectivity index (χ1) is 15.4. The number of anilines is 1. The normalized spacial score (nSPS) is 22.0. The van der Waals surface area contributed by atoms with Gasteiger partial charge in [0.15, 0.2) is 0 Å². The van der Waals surface area contributed by atoms with Crippen LogP contribution in [-0.4, -0.2) is 30.9 Å². The molecule has 3 aromatic rings. The second kappa shape index (κ2) is 8.35. The standard InChI is InChI=1S/C24H29ClN6O/c1-24(2)11-21-18(12-28-31(21)14-24)17-10-22(26-13-19(17)25)29-23(32)9-15-4-3-5-16(8-15)20-6-7-27-30-20/h6-7,10,12-13,15-16H,3-5,8-9,11,14H2,1-2H3,(H,27,30)(H,26,29,32)/t15-,16+/m0/s1. The van der Waals surface area contributed by atoms with Crippen molar-refractivity contribution >= 4 is 23.3 Å². The zero-order valence-electron chi connectivity index (χ0n) is 18.6. The van der Waals surface area contributed by atoms with E-state index in [1.54, 1.807) is 12.4 Å². The molecule has 0 radical (unpaired) electrons. The average Bonchev–Trinajstić information content (AvgIpc) is 3.46. The Labute approximate surface area is 193 Å². The van der Waals surface area contributed by atoms with Gasteiger partial charge in [-0.25, -0.2) is 4.98 Å². The fourth-order valence-corrected chi connectivity index (χ4v) is 5.50. The number of hydrogen-bond acceptors (Lipinski definition) is 4. The second-order valence-electron chi connectivity index (χ2n) is 10.0. The van der Waals surface area contributed by atoms with Crippen molar-refractivity contribution in [2.45, 2.75) is 64.8 Å². The molecule has 0 aromatic carbocycles. The van der Waals surface area contributed by atoms with Gasteiger partial charge >= 0.3 is 0 Å². The number of amides is 1. The lowest BCUT2D eigenvalue weighted by atomic mass is 9.78. The van der Waals surface area contributed by atoms with Gasteiger partial charge in [-0.1, -0.05) is 31.9 Å². The molecule has 1 saturated carbocycles. The highest BCUT2D eigenvalue weighted by Gasteiger charge is 2.32. The Hall–Kier alpha value is -2.67. The number of fused-ring (bicyclic) bond motifs is 1. The van der Waals surface area contributed by atoms with Crippen molar-refractivity contribution < 1.29 is 4.79 Å². The number of nitrogens with zero attached hydrogens (tertiary/aromatic N) is 4. The van der Waals surface area contributed by atoms with Crippen molar-refractivity contribution in [3.63, 3.8) is 0 Å². The van der Waals surface area contributed by atoms with Crippen LogP contribution in [0, 0.1) is 11.3 Å². The molecule has 1 aliphatic carbocycles. The van der Waals surface area contributed by atoms with Crippen LogP contribution < -0.4 is 5.32 Å². The predicted molar refractivity (Wildman–Crippen MR) is 124 cm³/mol. The van der Waals surface area contributed by atoms with Crippen LogP contribution in [0.1, 0.15) is 63.3 Å². The van der Waals surface area contributed by atoms with Gasteiger partial charge in [-0.15, -0.1) is 0 Å². The molecule has 168 valence electrons. The maximum atomic E-state index is 12.8. The number of halogens is 1. The SMILES string of the molecule is CC1(C)Cc2c(-c3cc(NC(=O)C[C@H]4CCC[C@@H](c5ccn[nH]5)C4)ncc3Cl)cnn2C1. The van der Waals surface area contributed by atoms with Crippen LogP contribution in [0.3, 0.4) is 0 Å². The topological polar surface area (TPSA) is 88.5 Å². The lowest BCUT2D eigenvalue weighted by Crippen LogP contribution is -2.21. The number of carbonyl (C=O) groups excluding carboxylic acids is 1. The van der Waals surface area contributed by atoms with Crippen LogP contribution in [0.4, 0.5) is 5.82 Å². The summed E-state index contributed by atoms with van der Waals surface area (Å²) in [6.45, 7) is 5.39. The van der Waals surface area contributed by atoms with E-state index in [2.05, 4.69) is 44.1 Å². The number of nitrogens with one attached hydrogen (secondary N) is 2. The Morgan fingerprint density at radius 3 is 3.00 bits per heavy atom. The van der Waals surface area contributed by atoms with Crippen LogP contribution >= 0.6 is 11.6 Å². The molecule has 0 bridgehead atoms. The van der Waals surface area contributed by atoms with Gasteiger partial charge in [0.25, 0.3) is 0 Å². The molecule has 0 unspecified atom stereocenters. The summed E-state index contributed by atoms with van der Waals surface area (Å²) in [5.41, 5.74) is 4.44. The summed E-state index contributed by atoms with van der Waals surface area (Å²) in [4.78, 5) is 17.2. The summed E-state index contributed by atoms with van der Waals surface area (Å²) in [5.74, 6) is 1.36. The number of aromatic nitrogens is 5. The lowest BCUT2D eigenvalue weighted by molar-refractivity contribution is -0.117. The van der Waals surface area contributed by atoms with E-state index >= 15 is 0 Å². The quantitative estimate of drug-likeness (QED) is 0.556. The van der Waals surface area contributed by atoms with Gasteiger partial charge in [0.05, 0.1) is 11.2 Å².